The van der Waals surface area contributed by atoms with Gasteiger partial charge in [-0.15, -0.1) is 23.2 Å². The minimum atomic E-state index is -0.838. The standard InChI is InChI=1S/C10H15Cl2NO/c1-9(6-10(9,11)12)8(14)13-7-4-2-3-5-7/h7H,2-6H2,1H3,(H,13,14)/t9-/m1/s1. The summed E-state index contributed by atoms with van der Waals surface area (Å²) < 4.78 is -0.838. The molecule has 0 heterocycles. The average molecular weight is 236 g/mol. The van der Waals surface area contributed by atoms with Gasteiger partial charge in [-0.1, -0.05) is 12.8 Å². The number of rotatable bonds is 2. The molecule has 80 valence electrons. The van der Waals surface area contributed by atoms with Gasteiger partial charge in [0.25, 0.3) is 0 Å². The van der Waals surface area contributed by atoms with E-state index in [9.17, 15) is 4.79 Å². The Morgan fingerprint density at radius 3 is 2.29 bits per heavy atom. The normalized spacial score (nSPS) is 35.6. The third kappa shape index (κ3) is 1.63. The molecule has 14 heavy (non-hydrogen) atoms. The van der Waals surface area contributed by atoms with Crippen LogP contribution in [0.25, 0.3) is 0 Å². The van der Waals surface area contributed by atoms with Gasteiger partial charge in [-0.3, -0.25) is 4.79 Å². The maximum atomic E-state index is 11.8. The Morgan fingerprint density at radius 2 is 1.86 bits per heavy atom. The molecule has 1 N–H and O–H groups in total. The van der Waals surface area contributed by atoms with Crippen LogP contribution in [-0.2, 0) is 4.79 Å². The summed E-state index contributed by atoms with van der Waals surface area (Å²) >= 11 is 11.9. The highest BCUT2D eigenvalue weighted by atomic mass is 35.5. The zero-order chi connectivity index (χ0) is 10.4. The fraction of sp³-hybridized carbons (Fsp3) is 0.900. The van der Waals surface area contributed by atoms with Crippen molar-refractivity contribution < 1.29 is 4.79 Å². The lowest BCUT2D eigenvalue weighted by Crippen LogP contribution is -2.39. The molecule has 0 radical (unpaired) electrons. The Kier molecular flexibility index (Phi) is 2.47. The van der Waals surface area contributed by atoms with E-state index in [1.807, 2.05) is 6.92 Å². The van der Waals surface area contributed by atoms with Crippen LogP contribution in [0, 0.1) is 5.41 Å². The first kappa shape index (κ1) is 10.6. The van der Waals surface area contributed by atoms with Gasteiger partial charge in [0.1, 0.15) is 4.33 Å². The zero-order valence-electron chi connectivity index (χ0n) is 8.28. The molecule has 2 saturated carbocycles. The lowest BCUT2D eigenvalue weighted by atomic mass is 10.1. The zero-order valence-corrected chi connectivity index (χ0v) is 9.79. The number of carbonyl (C=O) groups is 1. The molecule has 0 aromatic rings. The molecule has 0 bridgehead atoms. The monoisotopic (exact) mass is 235 g/mol. The van der Waals surface area contributed by atoms with E-state index in [4.69, 9.17) is 23.2 Å². The van der Waals surface area contributed by atoms with E-state index in [1.54, 1.807) is 0 Å². The van der Waals surface area contributed by atoms with Gasteiger partial charge in [0.05, 0.1) is 5.41 Å². The molecule has 2 fully saturated rings. The lowest BCUT2D eigenvalue weighted by molar-refractivity contribution is -0.126. The second kappa shape index (κ2) is 3.28. The molecule has 2 rings (SSSR count). The fourth-order valence-corrected chi connectivity index (χ4v) is 2.77. The molecule has 1 amide bonds. The number of hydrogen-bond donors (Lipinski definition) is 1. The third-order valence-electron chi connectivity index (χ3n) is 3.45. The Labute approximate surface area is 94.3 Å². The van der Waals surface area contributed by atoms with Crippen molar-refractivity contribution in [1.82, 2.24) is 5.32 Å². The number of halogens is 2. The molecule has 2 aliphatic rings. The second-order valence-corrected chi connectivity index (χ2v) is 6.15. The smallest absolute Gasteiger partial charge is 0.229 e. The Morgan fingerprint density at radius 1 is 1.36 bits per heavy atom. The maximum Gasteiger partial charge on any atom is 0.229 e. The third-order valence-corrected chi connectivity index (χ3v) is 4.55. The number of amides is 1. The van der Waals surface area contributed by atoms with Crippen LogP contribution in [0.5, 0.6) is 0 Å². The van der Waals surface area contributed by atoms with Crippen molar-refractivity contribution in [3.05, 3.63) is 0 Å². The van der Waals surface area contributed by atoms with E-state index < -0.39 is 9.75 Å². The molecule has 4 heteroatoms. The van der Waals surface area contributed by atoms with Crippen LogP contribution in [0.15, 0.2) is 0 Å². The fourth-order valence-electron chi connectivity index (χ4n) is 2.06. The first-order chi connectivity index (χ1) is 6.46. The van der Waals surface area contributed by atoms with Crippen LogP contribution in [-0.4, -0.2) is 16.3 Å². The van der Waals surface area contributed by atoms with Crippen molar-refractivity contribution >= 4 is 29.1 Å². The first-order valence-corrected chi connectivity index (χ1v) is 5.90. The van der Waals surface area contributed by atoms with Gasteiger partial charge in [-0.05, 0) is 26.2 Å². The van der Waals surface area contributed by atoms with Crippen LogP contribution < -0.4 is 5.32 Å². The summed E-state index contributed by atoms with van der Waals surface area (Å²) in [6.45, 7) is 1.83. The number of hydrogen-bond acceptors (Lipinski definition) is 1. The molecule has 0 unspecified atom stereocenters. The van der Waals surface area contributed by atoms with Crippen LogP contribution in [0.2, 0.25) is 0 Å². The summed E-state index contributed by atoms with van der Waals surface area (Å²) in [4.78, 5) is 11.8. The van der Waals surface area contributed by atoms with E-state index in [-0.39, 0.29) is 5.91 Å². The maximum absolute atomic E-state index is 11.8. The van der Waals surface area contributed by atoms with Crippen molar-refractivity contribution in [1.29, 1.82) is 0 Å². The highest BCUT2D eigenvalue weighted by Gasteiger charge is 2.68. The van der Waals surface area contributed by atoms with E-state index in [2.05, 4.69) is 5.32 Å². The van der Waals surface area contributed by atoms with E-state index in [0.29, 0.717) is 12.5 Å². The quantitative estimate of drug-likeness (QED) is 0.733. The van der Waals surface area contributed by atoms with Gasteiger partial charge in [0.2, 0.25) is 5.91 Å². The van der Waals surface area contributed by atoms with Gasteiger partial charge in [0, 0.05) is 6.04 Å². The van der Waals surface area contributed by atoms with Crippen molar-refractivity contribution in [3.8, 4) is 0 Å². The molecule has 0 aromatic carbocycles. The first-order valence-electron chi connectivity index (χ1n) is 5.14. The van der Waals surface area contributed by atoms with E-state index in [1.165, 1.54) is 12.8 Å². The predicted octanol–water partition coefficient (Wildman–Crippen LogP) is 2.63. The largest absolute Gasteiger partial charge is 0.353 e. The van der Waals surface area contributed by atoms with Crippen LogP contribution in [0.4, 0.5) is 0 Å². The summed E-state index contributed by atoms with van der Waals surface area (Å²) in [5, 5.41) is 3.03. The number of nitrogens with one attached hydrogen (secondary N) is 1. The summed E-state index contributed by atoms with van der Waals surface area (Å²) in [5.74, 6) is 0.0226. The van der Waals surface area contributed by atoms with Gasteiger partial charge in [-0.25, -0.2) is 0 Å². The molecular weight excluding hydrogens is 221 g/mol. The predicted molar refractivity (Wildman–Crippen MR) is 57.6 cm³/mol. The lowest BCUT2D eigenvalue weighted by Gasteiger charge is -2.17. The summed E-state index contributed by atoms with van der Waals surface area (Å²) in [5.41, 5.74) is -0.557. The van der Waals surface area contributed by atoms with E-state index in [0.717, 1.165) is 12.8 Å². The molecule has 0 saturated heterocycles. The Balaban J connectivity index is 1.90. The van der Waals surface area contributed by atoms with Crippen molar-refractivity contribution in [3.63, 3.8) is 0 Å². The van der Waals surface area contributed by atoms with Gasteiger partial charge in [-0.2, -0.15) is 0 Å². The Bertz CT molecular complexity index is 261. The molecule has 0 spiro atoms. The molecule has 0 aliphatic heterocycles. The van der Waals surface area contributed by atoms with Gasteiger partial charge in [0.15, 0.2) is 0 Å². The average Bonchev–Trinajstić information content (AvgIpc) is 2.54. The van der Waals surface area contributed by atoms with Crippen LogP contribution in [0.1, 0.15) is 39.0 Å². The highest BCUT2D eigenvalue weighted by Crippen LogP contribution is 2.63. The number of carbonyl (C=O) groups excluding carboxylic acids is 1. The van der Waals surface area contributed by atoms with Crippen LogP contribution in [0.3, 0.4) is 0 Å². The highest BCUT2D eigenvalue weighted by molar-refractivity contribution is 6.53. The SMILES string of the molecule is C[C@]1(C(=O)NC2CCCC2)CC1(Cl)Cl. The molecule has 2 nitrogen and oxygen atoms in total. The summed E-state index contributed by atoms with van der Waals surface area (Å²) in [6.07, 6.45) is 5.20. The summed E-state index contributed by atoms with van der Waals surface area (Å²) in [6, 6.07) is 0.351. The molecule has 0 aromatic heterocycles. The van der Waals surface area contributed by atoms with Crippen LogP contribution >= 0.6 is 23.2 Å². The Hall–Kier alpha value is 0.0500. The minimum Gasteiger partial charge on any atom is -0.353 e. The second-order valence-electron chi connectivity index (χ2n) is 4.67. The minimum absolute atomic E-state index is 0.0226. The molecule has 2 aliphatic carbocycles. The molecular formula is C10H15Cl2NO. The number of alkyl halides is 2. The van der Waals surface area contributed by atoms with E-state index >= 15 is 0 Å². The van der Waals surface area contributed by atoms with Crippen molar-refractivity contribution in [2.75, 3.05) is 0 Å². The summed E-state index contributed by atoms with van der Waals surface area (Å²) in [7, 11) is 0. The van der Waals surface area contributed by atoms with Crippen molar-refractivity contribution in [2.45, 2.75) is 49.4 Å². The molecule has 1 atom stereocenters. The topological polar surface area (TPSA) is 29.1 Å². The van der Waals surface area contributed by atoms with Gasteiger partial charge < -0.3 is 5.32 Å². The van der Waals surface area contributed by atoms with Crippen molar-refractivity contribution in [2.24, 2.45) is 5.41 Å². The van der Waals surface area contributed by atoms with Gasteiger partial charge >= 0.3 is 0 Å².